The van der Waals surface area contributed by atoms with Crippen molar-refractivity contribution in [2.24, 2.45) is 0 Å². The standard InChI is InChI=1S/C18H22N2O2S/c21-18(19-11-13-22-16-5-2-1-3-6-16)20(15-8-9-15)12-10-17-7-4-14-23-17/h1-7,14-15H,8-13H2,(H,19,21). The maximum Gasteiger partial charge on any atom is 0.317 e. The van der Waals surface area contributed by atoms with Crippen LogP contribution in [-0.2, 0) is 6.42 Å². The summed E-state index contributed by atoms with van der Waals surface area (Å²) in [5.74, 6) is 0.832. The zero-order chi connectivity index (χ0) is 15.9. The Kier molecular flexibility index (Phi) is 5.53. The first-order valence-corrected chi connectivity index (χ1v) is 8.95. The van der Waals surface area contributed by atoms with Gasteiger partial charge in [0.25, 0.3) is 0 Å². The van der Waals surface area contributed by atoms with Crippen LogP contribution in [0.4, 0.5) is 4.79 Å². The number of benzene rings is 1. The van der Waals surface area contributed by atoms with E-state index in [2.05, 4.69) is 22.8 Å². The molecule has 2 amide bonds. The number of thiophene rings is 1. The van der Waals surface area contributed by atoms with Crippen molar-refractivity contribution >= 4 is 17.4 Å². The number of carbonyl (C=O) groups is 1. The Hall–Kier alpha value is -2.01. The van der Waals surface area contributed by atoms with E-state index in [9.17, 15) is 4.79 Å². The smallest absolute Gasteiger partial charge is 0.317 e. The fraction of sp³-hybridized carbons (Fsp3) is 0.389. The zero-order valence-electron chi connectivity index (χ0n) is 13.1. The number of urea groups is 1. The molecule has 0 saturated heterocycles. The molecule has 0 radical (unpaired) electrons. The van der Waals surface area contributed by atoms with E-state index in [0.717, 1.165) is 31.6 Å². The molecule has 3 rings (SSSR count). The van der Waals surface area contributed by atoms with E-state index in [4.69, 9.17) is 4.74 Å². The van der Waals surface area contributed by atoms with Gasteiger partial charge >= 0.3 is 6.03 Å². The molecule has 1 aromatic heterocycles. The summed E-state index contributed by atoms with van der Waals surface area (Å²) in [5.41, 5.74) is 0. The van der Waals surface area contributed by atoms with Crippen LogP contribution in [0.15, 0.2) is 47.8 Å². The average molecular weight is 330 g/mol. The number of amides is 2. The van der Waals surface area contributed by atoms with Gasteiger partial charge in [-0.3, -0.25) is 0 Å². The molecule has 1 fully saturated rings. The van der Waals surface area contributed by atoms with Crippen molar-refractivity contribution in [3.63, 3.8) is 0 Å². The molecule has 1 heterocycles. The Bertz CT molecular complexity index is 597. The van der Waals surface area contributed by atoms with Crippen LogP contribution >= 0.6 is 11.3 Å². The lowest BCUT2D eigenvalue weighted by atomic mass is 10.3. The average Bonchev–Trinajstić information content (AvgIpc) is 3.28. The van der Waals surface area contributed by atoms with Crippen LogP contribution < -0.4 is 10.1 Å². The first-order valence-electron chi connectivity index (χ1n) is 8.07. The lowest BCUT2D eigenvalue weighted by molar-refractivity contribution is 0.192. The predicted octanol–water partition coefficient (Wildman–Crippen LogP) is 3.54. The van der Waals surface area contributed by atoms with E-state index in [1.807, 2.05) is 35.2 Å². The van der Waals surface area contributed by atoms with Gasteiger partial charge in [0.05, 0.1) is 6.54 Å². The topological polar surface area (TPSA) is 41.6 Å². The minimum absolute atomic E-state index is 0.0284. The molecular weight excluding hydrogens is 308 g/mol. The normalized spacial score (nSPS) is 13.6. The summed E-state index contributed by atoms with van der Waals surface area (Å²) in [6.07, 6.45) is 3.18. The predicted molar refractivity (Wildman–Crippen MR) is 93.1 cm³/mol. The van der Waals surface area contributed by atoms with Crippen molar-refractivity contribution < 1.29 is 9.53 Å². The van der Waals surface area contributed by atoms with Crippen LogP contribution in [-0.4, -0.2) is 36.7 Å². The van der Waals surface area contributed by atoms with Gasteiger partial charge in [0, 0.05) is 17.5 Å². The molecule has 23 heavy (non-hydrogen) atoms. The minimum atomic E-state index is 0.0284. The molecule has 0 unspecified atom stereocenters. The fourth-order valence-corrected chi connectivity index (χ4v) is 3.16. The first kappa shape index (κ1) is 15.9. The molecule has 122 valence electrons. The number of rotatable bonds is 8. The van der Waals surface area contributed by atoms with Gasteiger partial charge in [0.1, 0.15) is 12.4 Å². The summed E-state index contributed by atoms with van der Waals surface area (Å²) in [4.78, 5) is 15.7. The molecule has 1 saturated carbocycles. The Labute approximate surface area is 141 Å². The van der Waals surface area contributed by atoms with Crippen LogP contribution in [0.5, 0.6) is 5.75 Å². The molecule has 0 aliphatic heterocycles. The Morgan fingerprint density at radius 1 is 1.22 bits per heavy atom. The number of para-hydroxylation sites is 1. The van der Waals surface area contributed by atoms with Crippen LogP contribution in [0.3, 0.4) is 0 Å². The van der Waals surface area contributed by atoms with Gasteiger partial charge in [-0.2, -0.15) is 0 Å². The van der Waals surface area contributed by atoms with Gasteiger partial charge in [-0.25, -0.2) is 4.79 Å². The quantitative estimate of drug-likeness (QED) is 0.752. The maximum atomic E-state index is 12.4. The molecule has 4 nitrogen and oxygen atoms in total. The number of hydrogen-bond acceptors (Lipinski definition) is 3. The molecule has 1 N–H and O–H groups in total. The highest BCUT2D eigenvalue weighted by molar-refractivity contribution is 7.09. The van der Waals surface area contributed by atoms with Gasteiger partial charge < -0.3 is 15.0 Å². The van der Waals surface area contributed by atoms with Crippen molar-refractivity contribution in [2.75, 3.05) is 19.7 Å². The van der Waals surface area contributed by atoms with Crippen molar-refractivity contribution in [1.82, 2.24) is 10.2 Å². The molecular formula is C18H22N2O2S. The van der Waals surface area contributed by atoms with E-state index in [0.29, 0.717) is 19.2 Å². The van der Waals surface area contributed by atoms with Crippen LogP contribution in [0, 0.1) is 0 Å². The summed E-state index contributed by atoms with van der Waals surface area (Å²) in [6.45, 7) is 1.80. The highest BCUT2D eigenvalue weighted by Crippen LogP contribution is 2.27. The van der Waals surface area contributed by atoms with Crippen LogP contribution in [0.1, 0.15) is 17.7 Å². The number of nitrogens with zero attached hydrogens (tertiary/aromatic N) is 1. The van der Waals surface area contributed by atoms with E-state index in [-0.39, 0.29) is 6.03 Å². The first-order chi connectivity index (χ1) is 11.3. The van der Waals surface area contributed by atoms with Gasteiger partial charge in [0.15, 0.2) is 0 Å². The molecule has 0 bridgehead atoms. The summed E-state index contributed by atoms with van der Waals surface area (Å²) < 4.78 is 5.60. The molecule has 1 aliphatic carbocycles. The van der Waals surface area contributed by atoms with Gasteiger partial charge in [0.2, 0.25) is 0 Å². The highest BCUT2D eigenvalue weighted by Gasteiger charge is 2.32. The third-order valence-corrected chi connectivity index (χ3v) is 4.75. The van der Waals surface area contributed by atoms with Crippen LogP contribution in [0.2, 0.25) is 0 Å². The lowest BCUT2D eigenvalue weighted by Crippen LogP contribution is -2.43. The summed E-state index contributed by atoms with van der Waals surface area (Å²) in [6, 6.07) is 14.3. The number of carbonyl (C=O) groups excluding carboxylic acids is 1. The third-order valence-electron chi connectivity index (χ3n) is 3.82. The summed E-state index contributed by atoms with van der Waals surface area (Å²) >= 11 is 1.75. The fourth-order valence-electron chi connectivity index (χ4n) is 2.47. The molecule has 2 aromatic rings. The molecule has 0 atom stereocenters. The van der Waals surface area contributed by atoms with Gasteiger partial charge in [-0.15, -0.1) is 11.3 Å². The maximum absolute atomic E-state index is 12.4. The van der Waals surface area contributed by atoms with Crippen molar-refractivity contribution in [3.8, 4) is 5.75 Å². The molecule has 0 spiro atoms. The van der Waals surface area contributed by atoms with E-state index in [1.165, 1.54) is 4.88 Å². The van der Waals surface area contributed by atoms with Crippen molar-refractivity contribution in [1.29, 1.82) is 0 Å². The van der Waals surface area contributed by atoms with E-state index >= 15 is 0 Å². The van der Waals surface area contributed by atoms with E-state index < -0.39 is 0 Å². The Morgan fingerprint density at radius 2 is 2.04 bits per heavy atom. The second-order valence-electron chi connectivity index (χ2n) is 5.65. The largest absolute Gasteiger partial charge is 0.492 e. The summed E-state index contributed by atoms with van der Waals surface area (Å²) in [7, 11) is 0. The molecule has 1 aliphatic rings. The second kappa shape index (κ2) is 8.02. The van der Waals surface area contributed by atoms with Crippen molar-refractivity contribution in [2.45, 2.75) is 25.3 Å². The van der Waals surface area contributed by atoms with Crippen LogP contribution in [0.25, 0.3) is 0 Å². The number of nitrogens with one attached hydrogen (secondary N) is 1. The monoisotopic (exact) mass is 330 g/mol. The number of hydrogen-bond donors (Lipinski definition) is 1. The minimum Gasteiger partial charge on any atom is -0.492 e. The Morgan fingerprint density at radius 3 is 2.74 bits per heavy atom. The SMILES string of the molecule is O=C(NCCOc1ccccc1)N(CCc1cccs1)C1CC1. The third kappa shape index (κ3) is 4.99. The second-order valence-corrected chi connectivity index (χ2v) is 6.68. The van der Waals surface area contributed by atoms with Crippen molar-refractivity contribution in [3.05, 3.63) is 52.7 Å². The molecule has 5 heteroatoms. The van der Waals surface area contributed by atoms with Gasteiger partial charge in [-0.1, -0.05) is 24.3 Å². The molecule has 1 aromatic carbocycles. The number of ether oxygens (including phenoxy) is 1. The van der Waals surface area contributed by atoms with Gasteiger partial charge in [-0.05, 0) is 42.8 Å². The summed E-state index contributed by atoms with van der Waals surface area (Å²) in [5, 5.41) is 5.05. The lowest BCUT2D eigenvalue weighted by Gasteiger charge is -2.22. The Balaban J connectivity index is 1.40. The zero-order valence-corrected chi connectivity index (χ0v) is 13.9. The highest BCUT2D eigenvalue weighted by atomic mass is 32.1. The van der Waals surface area contributed by atoms with E-state index in [1.54, 1.807) is 11.3 Å².